The van der Waals surface area contributed by atoms with Gasteiger partial charge in [-0.15, -0.1) is 0 Å². The molecule has 1 rings (SSSR count). The van der Waals surface area contributed by atoms with Crippen molar-refractivity contribution in [2.45, 2.75) is 19.8 Å². The first-order valence-electron chi connectivity index (χ1n) is 4.50. The molecular weight excluding hydrogens is 198 g/mol. The van der Waals surface area contributed by atoms with Crippen LogP contribution in [-0.2, 0) is 16.4 Å². The van der Waals surface area contributed by atoms with E-state index in [2.05, 4.69) is 10.8 Å². The fourth-order valence-electron chi connectivity index (χ4n) is 1.22. The Hall–Kier alpha value is -1.03. The molecule has 0 fully saturated rings. The van der Waals surface area contributed by atoms with E-state index in [-0.39, 0.29) is 0 Å². The van der Waals surface area contributed by atoms with Crippen LogP contribution in [0.5, 0.6) is 0 Å². The van der Waals surface area contributed by atoms with Crippen LogP contribution in [0.1, 0.15) is 18.9 Å². The highest BCUT2D eigenvalue weighted by Crippen LogP contribution is 2.16. The SMILES string of the molecule is CCCc1[c]cccc1NS(C)(=O)=O. The Bertz CT molecular complexity index is 398. The van der Waals surface area contributed by atoms with Crippen LogP contribution in [0.25, 0.3) is 0 Å². The van der Waals surface area contributed by atoms with Crippen molar-refractivity contribution in [3.8, 4) is 0 Å². The van der Waals surface area contributed by atoms with E-state index < -0.39 is 10.0 Å². The maximum Gasteiger partial charge on any atom is 0.229 e. The molecule has 0 aromatic heterocycles. The topological polar surface area (TPSA) is 46.2 Å². The molecule has 1 N–H and O–H groups in total. The highest BCUT2D eigenvalue weighted by Gasteiger charge is 2.05. The van der Waals surface area contributed by atoms with E-state index in [4.69, 9.17) is 0 Å². The molecule has 0 aliphatic carbocycles. The van der Waals surface area contributed by atoms with E-state index in [1.165, 1.54) is 0 Å². The number of anilines is 1. The fourth-order valence-corrected chi connectivity index (χ4v) is 1.81. The molecule has 0 aliphatic heterocycles. The number of sulfonamides is 1. The number of hydrogen-bond acceptors (Lipinski definition) is 2. The maximum atomic E-state index is 11.0. The minimum absolute atomic E-state index is 0.636. The Kier molecular flexibility index (Phi) is 3.52. The van der Waals surface area contributed by atoms with Crippen LogP contribution in [0.15, 0.2) is 18.2 Å². The van der Waals surface area contributed by atoms with Gasteiger partial charge in [0.25, 0.3) is 0 Å². The molecule has 1 aromatic carbocycles. The molecule has 1 radical (unpaired) electrons. The molecule has 4 heteroatoms. The van der Waals surface area contributed by atoms with Gasteiger partial charge in [-0.2, -0.15) is 0 Å². The number of nitrogens with one attached hydrogen (secondary N) is 1. The van der Waals surface area contributed by atoms with Gasteiger partial charge in [0.1, 0.15) is 0 Å². The van der Waals surface area contributed by atoms with Crippen molar-refractivity contribution in [2.24, 2.45) is 0 Å². The highest BCUT2D eigenvalue weighted by atomic mass is 32.2. The molecule has 0 atom stereocenters. The molecule has 0 heterocycles. The van der Waals surface area contributed by atoms with Gasteiger partial charge in [0.2, 0.25) is 10.0 Å². The summed E-state index contributed by atoms with van der Waals surface area (Å²) in [6.45, 7) is 2.05. The molecule has 1 aromatic rings. The van der Waals surface area contributed by atoms with Crippen molar-refractivity contribution in [3.05, 3.63) is 29.8 Å². The molecule has 0 amide bonds. The van der Waals surface area contributed by atoms with E-state index in [1.807, 2.05) is 6.92 Å². The summed E-state index contributed by atoms with van der Waals surface area (Å²) in [6, 6.07) is 8.35. The summed E-state index contributed by atoms with van der Waals surface area (Å²) in [4.78, 5) is 0. The first-order valence-corrected chi connectivity index (χ1v) is 6.39. The Morgan fingerprint density at radius 2 is 2.21 bits per heavy atom. The van der Waals surface area contributed by atoms with Crippen LogP contribution in [0, 0.1) is 6.07 Å². The molecule has 0 aliphatic rings. The van der Waals surface area contributed by atoms with E-state index in [1.54, 1.807) is 18.2 Å². The summed E-state index contributed by atoms with van der Waals surface area (Å²) in [6.07, 6.45) is 2.95. The predicted molar refractivity (Wildman–Crippen MR) is 57.7 cm³/mol. The fraction of sp³-hybridized carbons (Fsp3) is 0.400. The third kappa shape index (κ3) is 3.38. The van der Waals surface area contributed by atoms with E-state index in [9.17, 15) is 8.42 Å². The lowest BCUT2D eigenvalue weighted by Gasteiger charge is -2.08. The quantitative estimate of drug-likeness (QED) is 0.827. The van der Waals surface area contributed by atoms with Gasteiger partial charge < -0.3 is 0 Å². The zero-order chi connectivity index (χ0) is 10.6. The Morgan fingerprint density at radius 1 is 1.50 bits per heavy atom. The maximum absolute atomic E-state index is 11.0. The van der Waals surface area contributed by atoms with E-state index in [0.29, 0.717) is 5.69 Å². The van der Waals surface area contributed by atoms with Crippen LogP contribution in [0.3, 0.4) is 0 Å². The van der Waals surface area contributed by atoms with Crippen LogP contribution in [-0.4, -0.2) is 14.7 Å². The van der Waals surface area contributed by atoms with Gasteiger partial charge >= 0.3 is 0 Å². The second kappa shape index (κ2) is 4.46. The molecule has 0 saturated heterocycles. The van der Waals surface area contributed by atoms with Crippen molar-refractivity contribution in [2.75, 3.05) is 11.0 Å². The summed E-state index contributed by atoms with van der Waals surface area (Å²) in [5, 5.41) is 0. The number of rotatable bonds is 4. The molecular formula is C10H14NO2S. The second-order valence-corrected chi connectivity index (χ2v) is 4.94. The third-order valence-corrected chi connectivity index (χ3v) is 2.33. The number of benzene rings is 1. The van der Waals surface area contributed by atoms with Crippen molar-refractivity contribution in [1.82, 2.24) is 0 Å². The zero-order valence-electron chi connectivity index (χ0n) is 8.37. The highest BCUT2D eigenvalue weighted by molar-refractivity contribution is 7.92. The third-order valence-electron chi connectivity index (χ3n) is 1.74. The smallest absolute Gasteiger partial charge is 0.229 e. The van der Waals surface area contributed by atoms with E-state index in [0.717, 1.165) is 24.7 Å². The first kappa shape index (κ1) is 11.0. The van der Waals surface area contributed by atoms with Crippen molar-refractivity contribution >= 4 is 15.7 Å². The van der Waals surface area contributed by atoms with Gasteiger partial charge in [-0.05, 0) is 24.1 Å². The average molecular weight is 212 g/mol. The van der Waals surface area contributed by atoms with Crippen LogP contribution >= 0.6 is 0 Å². The van der Waals surface area contributed by atoms with Gasteiger partial charge in [0, 0.05) is 0 Å². The second-order valence-electron chi connectivity index (χ2n) is 3.19. The lowest BCUT2D eigenvalue weighted by atomic mass is 10.1. The average Bonchev–Trinajstić information content (AvgIpc) is 2.06. The molecule has 14 heavy (non-hydrogen) atoms. The van der Waals surface area contributed by atoms with Gasteiger partial charge in [-0.1, -0.05) is 25.5 Å². The van der Waals surface area contributed by atoms with Crippen molar-refractivity contribution < 1.29 is 8.42 Å². The Labute approximate surface area is 85.2 Å². The zero-order valence-corrected chi connectivity index (χ0v) is 9.19. The molecule has 77 valence electrons. The van der Waals surface area contributed by atoms with Crippen molar-refractivity contribution in [1.29, 1.82) is 0 Å². The Morgan fingerprint density at radius 3 is 2.79 bits per heavy atom. The minimum atomic E-state index is -3.19. The van der Waals surface area contributed by atoms with Crippen LogP contribution in [0.4, 0.5) is 5.69 Å². The van der Waals surface area contributed by atoms with Gasteiger partial charge in [-0.25, -0.2) is 8.42 Å². The largest absolute Gasteiger partial charge is 0.283 e. The predicted octanol–water partition coefficient (Wildman–Crippen LogP) is 1.81. The van der Waals surface area contributed by atoms with Crippen LogP contribution < -0.4 is 4.72 Å². The summed E-state index contributed by atoms with van der Waals surface area (Å²) in [7, 11) is -3.19. The Balaban J connectivity index is 2.95. The van der Waals surface area contributed by atoms with Gasteiger partial charge in [-0.3, -0.25) is 4.72 Å². The van der Waals surface area contributed by atoms with Gasteiger partial charge in [0.15, 0.2) is 0 Å². The molecule has 0 saturated carbocycles. The molecule has 3 nitrogen and oxygen atoms in total. The normalized spacial score (nSPS) is 11.3. The molecule has 0 bridgehead atoms. The number of hydrogen-bond donors (Lipinski definition) is 1. The van der Waals surface area contributed by atoms with Gasteiger partial charge in [0.05, 0.1) is 11.9 Å². The first-order chi connectivity index (χ1) is 6.53. The summed E-state index contributed by atoms with van der Waals surface area (Å²) < 4.78 is 24.5. The van der Waals surface area contributed by atoms with Crippen molar-refractivity contribution in [3.63, 3.8) is 0 Å². The monoisotopic (exact) mass is 212 g/mol. The van der Waals surface area contributed by atoms with Crippen LogP contribution in [0.2, 0.25) is 0 Å². The minimum Gasteiger partial charge on any atom is -0.283 e. The molecule has 0 spiro atoms. The standard InChI is InChI=1S/C10H14NO2S/c1-3-6-9-7-4-5-8-10(9)11-14(2,12)13/h4-5,8,11H,3,6H2,1-2H3. The number of aryl methyl sites for hydroxylation is 1. The van der Waals surface area contributed by atoms with E-state index >= 15 is 0 Å². The lowest BCUT2D eigenvalue weighted by molar-refractivity contribution is 0.606. The summed E-state index contributed by atoms with van der Waals surface area (Å²) in [5.74, 6) is 0. The summed E-state index contributed by atoms with van der Waals surface area (Å²) in [5.41, 5.74) is 1.55. The summed E-state index contributed by atoms with van der Waals surface area (Å²) >= 11 is 0. The lowest BCUT2D eigenvalue weighted by Crippen LogP contribution is -2.11. The molecule has 0 unspecified atom stereocenters.